The molecule has 1 fully saturated rings. The topological polar surface area (TPSA) is 83.2 Å². The van der Waals surface area contributed by atoms with E-state index in [1.165, 1.54) is 6.20 Å². The summed E-state index contributed by atoms with van der Waals surface area (Å²) in [5.74, 6) is 0.529. The first kappa shape index (κ1) is 16.7. The van der Waals surface area contributed by atoms with E-state index in [1.807, 2.05) is 13.0 Å². The van der Waals surface area contributed by atoms with Crippen LogP contribution in [-0.2, 0) is 4.74 Å². The maximum atomic E-state index is 12.1. The normalized spacial score (nSPS) is 15.9. The molecule has 0 bridgehead atoms. The number of piperazine rings is 1. The first-order valence-corrected chi connectivity index (χ1v) is 8.24. The Balaban J connectivity index is 1.90. The largest absolute Gasteiger partial charge is 0.462 e. The van der Waals surface area contributed by atoms with Crippen LogP contribution in [-0.4, -0.2) is 76.5 Å². The Morgan fingerprint density at radius 3 is 2.75 bits per heavy atom. The quantitative estimate of drug-likeness (QED) is 0.789. The van der Waals surface area contributed by atoms with Gasteiger partial charge in [-0.2, -0.15) is 9.61 Å². The van der Waals surface area contributed by atoms with Crippen LogP contribution in [0.2, 0.25) is 0 Å². The van der Waals surface area contributed by atoms with Crippen LogP contribution in [0.1, 0.15) is 23.0 Å². The highest BCUT2D eigenvalue weighted by atomic mass is 16.5. The average Bonchev–Trinajstić information content (AvgIpc) is 2.99. The average molecular weight is 333 g/mol. The lowest BCUT2D eigenvalue weighted by Crippen LogP contribution is -2.47. The Kier molecular flexibility index (Phi) is 4.96. The number of rotatable bonds is 5. The van der Waals surface area contributed by atoms with Gasteiger partial charge < -0.3 is 14.7 Å². The minimum atomic E-state index is -0.399. The molecule has 8 nitrogen and oxygen atoms in total. The molecule has 0 aromatic carbocycles. The van der Waals surface area contributed by atoms with Gasteiger partial charge in [-0.25, -0.2) is 9.78 Å². The summed E-state index contributed by atoms with van der Waals surface area (Å²) in [5.41, 5.74) is 1.75. The maximum absolute atomic E-state index is 12.1. The second-order valence-corrected chi connectivity index (χ2v) is 5.82. The molecule has 0 saturated carbocycles. The van der Waals surface area contributed by atoms with E-state index in [2.05, 4.69) is 19.9 Å². The third kappa shape index (κ3) is 3.20. The van der Waals surface area contributed by atoms with Gasteiger partial charge in [-0.05, 0) is 13.8 Å². The number of aliphatic hydroxyl groups excluding tert-OH is 1. The molecule has 2 aromatic rings. The highest BCUT2D eigenvalue weighted by Crippen LogP contribution is 2.21. The molecule has 0 amide bonds. The number of esters is 1. The van der Waals surface area contributed by atoms with E-state index in [4.69, 9.17) is 9.84 Å². The number of fused-ring (bicyclic) bond motifs is 1. The summed E-state index contributed by atoms with van der Waals surface area (Å²) in [6.07, 6.45) is 1.52. The van der Waals surface area contributed by atoms with Crippen molar-refractivity contribution in [2.24, 2.45) is 0 Å². The molecule has 1 aliphatic rings. The molecule has 2 aromatic heterocycles. The molecular formula is C16H23N5O3. The number of aromatic nitrogens is 3. The summed E-state index contributed by atoms with van der Waals surface area (Å²) in [4.78, 5) is 21.0. The van der Waals surface area contributed by atoms with Crippen molar-refractivity contribution in [1.29, 1.82) is 0 Å². The lowest BCUT2D eigenvalue weighted by atomic mass is 10.3. The van der Waals surface area contributed by atoms with Gasteiger partial charge in [0.15, 0.2) is 5.65 Å². The van der Waals surface area contributed by atoms with Crippen LogP contribution in [0.3, 0.4) is 0 Å². The molecule has 0 aliphatic carbocycles. The van der Waals surface area contributed by atoms with Crippen LogP contribution >= 0.6 is 0 Å². The van der Waals surface area contributed by atoms with Crippen molar-refractivity contribution in [3.05, 3.63) is 23.5 Å². The van der Waals surface area contributed by atoms with Gasteiger partial charge in [-0.3, -0.25) is 4.90 Å². The molecule has 1 N–H and O–H groups in total. The lowest BCUT2D eigenvalue weighted by Gasteiger charge is -2.35. The molecule has 3 heterocycles. The van der Waals surface area contributed by atoms with Crippen molar-refractivity contribution in [2.45, 2.75) is 13.8 Å². The van der Waals surface area contributed by atoms with Crippen molar-refractivity contribution in [1.82, 2.24) is 19.5 Å². The summed E-state index contributed by atoms with van der Waals surface area (Å²) >= 11 is 0. The number of hydrogen-bond acceptors (Lipinski definition) is 7. The van der Waals surface area contributed by atoms with Crippen LogP contribution in [0.25, 0.3) is 5.65 Å². The Bertz CT molecular complexity index is 722. The molecule has 1 aliphatic heterocycles. The summed E-state index contributed by atoms with van der Waals surface area (Å²) in [6.45, 7) is 8.34. The predicted molar refractivity (Wildman–Crippen MR) is 89.4 cm³/mol. The van der Waals surface area contributed by atoms with Crippen molar-refractivity contribution in [2.75, 3.05) is 50.8 Å². The predicted octanol–water partition coefficient (Wildman–Crippen LogP) is 0.329. The second kappa shape index (κ2) is 7.14. The Labute approximate surface area is 140 Å². The Hall–Kier alpha value is -2.19. The van der Waals surface area contributed by atoms with E-state index in [-0.39, 0.29) is 6.61 Å². The van der Waals surface area contributed by atoms with Gasteiger partial charge in [0.05, 0.1) is 19.4 Å². The number of β-amino-alcohol motifs (C(OH)–C–C–N with tert-alkyl or cyclic N) is 1. The maximum Gasteiger partial charge on any atom is 0.343 e. The second-order valence-electron chi connectivity index (χ2n) is 5.82. The van der Waals surface area contributed by atoms with Gasteiger partial charge >= 0.3 is 5.97 Å². The molecule has 3 rings (SSSR count). The molecule has 8 heteroatoms. The van der Waals surface area contributed by atoms with Crippen LogP contribution in [0.4, 0.5) is 5.82 Å². The molecule has 1 saturated heterocycles. The monoisotopic (exact) mass is 333 g/mol. The van der Waals surface area contributed by atoms with Crippen molar-refractivity contribution >= 4 is 17.4 Å². The summed E-state index contributed by atoms with van der Waals surface area (Å²) in [7, 11) is 0. The highest BCUT2D eigenvalue weighted by molar-refractivity contribution is 5.95. The fourth-order valence-corrected chi connectivity index (χ4v) is 2.98. The number of nitrogens with zero attached hydrogens (tertiary/aromatic N) is 5. The number of aryl methyl sites for hydroxylation is 1. The minimum absolute atomic E-state index is 0.181. The number of aliphatic hydroxyl groups is 1. The number of carbonyl (C=O) groups is 1. The number of ether oxygens (including phenoxy) is 1. The van der Waals surface area contributed by atoms with Gasteiger partial charge in [0.2, 0.25) is 0 Å². The lowest BCUT2D eigenvalue weighted by molar-refractivity contribution is 0.0528. The number of carbonyl (C=O) groups excluding carboxylic acids is 1. The van der Waals surface area contributed by atoms with Gasteiger partial charge in [0.1, 0.15) is 11.4 Å². The molecular weight excluding hydrogens is 310 g/mol. The summed E-state index contributed by atoms with van der Waals surface area (Å²) < 4.78 is 6.79. The number of anilines is 1. The van der Waals surface area contributed by atoms with Gasteiger partial charge in [-0.1, -0.05) is 0 Å². The zero-order valence-electron chi connectivity index (χ0n) is 14.1. The van der Waals surface area contributed by atoms with E-state index in [9.17, 15) is 4.79 Å². The third-order valence-electron chi connectivity index (χ3n) is 4.19. The van der Waals surface area contributed by atoms with Gasteiger partial charge in [0, 0.05) is 44.5 Å². The molecule has 0 radical (unpaired) electrons. The fourth-order valence-electron chi connectivity index (χ4n) is 2.98. The molecule has 0 unspecified atom stereocenters. The van der Waals surface area contributed by atoms with Crippen LogP contribution in [0, 0.1) is 6.92 Å². The van der Waals surface area contributed by atoms with E-state index in [0.29, 0.717) is 24.4 Å². The van der Waals surface area contributed by atoms with Crippen LogP contribution in [0.15, 0.2) is 12.3 Å². The van der Waals surface area contributed by atoms with Crippen LogP contribution in [0.5, 0.6) is 0 Å². The first-order valence-electron chi connectivity index (χ1n) is 8.24. The molecule has 0 spiro atoms. The first-order chi connectivity index (χ1) is 11.6. The minimum Gasteiger partial charge on any atom is -0.462 e. The standard InChI is InChI=1S/C16H23N5O3/c1-3-24-16(23)13-11-17-21-14(10-12(2)18-15(13)21)20-6-4-19(5-7-20)8-9-22/h10-11,22H,3-9H2,1-2H3. The summed E-state index contributed by atoms with van der Waals surface area (Å²) in [6, 6.07) is 1.98. The van der Waals surface area contributed by atoms with E-state index < -0.39 is 5.97 Å². The molecule has 24 heavy (non-hydrogen) atoms. The Morgan fingerprint density at radius 2 is 2.08 bits per heavy atom. The summed E-state index contributed by atoms with van der Waals surface area (Å²) in [5, 5.41) is 13.4. The number of hydrogen-bond donors (Lipinski definition) is 1. The molecule has 0 atom stereocenters. The Morgan fingerprint density at radius 1 is 1.33 bits per heavy atom. The van der Waals surface area contributed by atoms with Crippen molar-refractivity contribution < 1.29 is 14.6 Å². The van der Waals surface area contributed by atoms with E-state index >= 15 is 0 Å². The van der Waals surface area contributed by atoms with Gasteiger partial charge in [-0.15, -0.1) is 0 Å². The fraction of sp³-hybridized carbons (Fsp3) is 0.562. The zero-order valence-corrected chi connectivity index (χ0v) is 14.1. The van der Waals surface area contributed by atoms with Crippen molar-refractivity contribution in [3.63, 3.8) is 0 Å². The smallest absolute Gasteiger partial charge is 0.343 e. The van der Waals surface area contributed by atoms with Crippen molar-refractivity contribution in [3.8, 4) is 0 Å². The van der Waals surface area contributed by atoms with Gasteiger partial charge in [0.25, 0.3) is 0 Å². The SMILES string of the molecule is CCOC(=O)c1cnn2c(N3CCN(CCO)CC3)cc(C)nc12. The zero-order chi connectivity index (χ0) is 17.1. The third-order valence-corrected chi connectivity index (χ3v) is 4.19. The molecule has 130 valence electrons. The van der Waals surface area contributed by atoms with E-state index in [1.54, 1.807) is 11.4 Å². The highest BCUT2D eigenvalue weighted by Gasteiger charge is 2.22. The van der Waals surface area contributed by atoms with E-state index in [0.717, 1.165) is 37.7 Å². The van der Waals surface area contributed by atoms with Crippen LogP contribution < -0.4 is 4.90 Å².